The van der Waals surface area contributed by atoms with E-state index in [2.05, 4.69) is 197 Å². The maximum absolute atomic E-state index is 4.40. The van der Waals surface area contributed by atoms with Crippen molar-refractivity contribution in [2.24, 2.45) is 0 Å². The molecule has 8 heteroatoms. The maximum atomic E-state index is 4.40. The van der Waals surface area contributed by atoms with Crippen LogP contribution in [0.2, 0.25) is 0 Å². The predicted molar refractivity (Wildman–Crippen MR) is 255 cm³/mol. The molecule has 8 nitrogen and oxygen atoms in total. The first kappa shape index (κ1) is 53.6. The van der Waals surface area contributed by atoms with Gasteiger partial charge < -0.3 is 0 Å². The Morgan fingerprint density at radius 3 is 1.08 bits per heavy atom. The molecule has 0 atom stereocenters. The van der Waals surface area contributed by atoms with Crippen LogP contribution in [-0.4, -0.2) is 40.1 Å². The zero-order valence-corrected chi connectivity index (χ0v) is 41.3. The van der Waals surface area contributed by atoms with Crippen LogP contribution in [0.5, 0.6) is 0 Å². The van der Waals surface area contributed by atoms with Gasteiger partial charge in [-0.3, -0.25) is 19.9 Å². The van der Waals surface area contributed by atoms with Gasteiger partial charge in [-0.25, -0.2) is 9.97 Å². The van der Waals surface area contributed by atoms with Crippen LogP contribution in [0, 0.1) is 0 Å². The number of aromatic nitrogens is 8. The first-order chi connectivity index (χ1) is 28.1. The second-order valence-corrected chi connectivity index (χ2v) is 18.6. The summed E-state index contributed by atoms with van der Waals surface area (Å²) in [6, 6.07) is 8.38. The molecule has 0 saturated heterocycles. The Labute approximate surface area is 366 Å². The molecule has 0 bridgehead atoms. The molecule has 0 aliphatic rings. The monoisotopic (exact) mass is 819 g/mol. The predicted octanol–water partition coefficient (Wildman–Crippen LogP) is 14.8. The summed E-state index contributed by atoms with van der Waals surface area (Å²) in [5.74, 6) is 5.25. The minimum Gasteiger partial charge on any atom is -0.264 e. The summed E-state index contributed by atoms with van der Waals surface area (Å²) in [4.78, 5) is 25.5. The average Bonchev–Trinajstić information content (AvgIpc) is 3.21. The molecule has 60 heavy (non-hydrogen) atoms. The largest absolute Gasteiger partial charge is 0.264 e. The van der Waals surface area contributed by atoms with Crippen molar-refractivity contribution in [3.8, 4) is 0 Å². The summed E-state index contributed by atoms with van der Waals surface area (Å²) >= 11 is 0. The molecule has 5 aromatic heterocycles. The van der Waals surface area contributed by atoms with Gasteiger partial charge in [-0.15, -0.1) is 0 Å². The fraction of sp³-hybridized carbons (Fsp3) is 0.577. The van der Waals surface area contributed by atoms with E-state index in [1.165, 1.54) is 39.2 Å². The van der Waals surface area contributed by atoms with Gasteiger partial charge in [0, 0.05) is 54.8 Å². The van der Waals surface area contributed by atoms with Crippen LogP contribution in [0.3, 0.4) is 0 Å². The van der Waals surface area contributed by atoms with Gasteiger partial charge in [0.1, 0.15) is 6.33 Å². The Kier molecular flexibility index (Phi) is 24.5. The molecular weight excluding hydrogens is 737 g/mol. The Morgan fingerprint density at radius 1 is 0.300 bits per heavy atom. The van der Waals surface area contributed by atoms with Crippen LogP contribution in [0.25, 0.3) is 0 Å². The van der Waals surface area contributed by atoms with E-state index >= 15 is 0 Å². The Morgan fingerprint density at radius 2 is 0.700 bits per heavy atom. The van der Waals surface area contributed by atoms with E-state index in [9.17, 15) is 0 Å². The molecule has 0 N–H and O–H groups in total. The molecule has 0 unspecified atom stereocenters. The van der Waals surface area contributed by atoms with Crippen molar-refractivity contribution >= 4 is 0 Å². The van der Waals surface area contributed by atoms with E-state index in [0.29, 0.717) is 59.2 Å². The van der Waals surface area contributed by atoms with Crippen LogP contribution in [0.1, 0.15) is 254 Å². The Hall–Kier alpha value is -4.46. The zero-order chi connectivity index (χ0) is 45.7. The minimum atomic E-state index is 0.469. The Bertz CT molecular complexity index is 1450. The highest BCUT2D eigenvalue weighted by Crippen LogP contribution is 2.26. The topological polar surface area (TPSA) is 103 Å². The van der Waals surface area contributed by atoms with E-state index in [-0.39, 0.29) is 0 Å². The van der Waals surface area contributed by atoms with Crippen molar-refractivity contribution in [1.29, 1.82) is 0 Å². The third-order valence-corrected chi connectivity index (χ3v) is 9.91. The molecule has 5 aromatic rings. The SMILES string of the molecule is CC(C)c1cccnc1C(C)C.CC(C)c1ccncc1C(C)C.CC(C)c1ccnnc1C(C)C.CC(C)c1cncnc1C(C)C.CC(C)c1nccnc1C(C)C. The van der Waals surface area contributed by atoms with Crippen LogP contribution >= 0.6 is 0 Å². The molecule has 0 radical (unpaired) electrons. The lowest BCUT2D eigenvalue weighted by molar-refractivity contribution is 0.726. The highest BCUT2D eigenvalue weighted by molar-refractivity contribution is 5.29. The van der Waals surface area contributed by atoms with Gasteiger partial charge in [-0.2, -0.15) is 10.2 Å². The van der Waals surface area contributed by atoms with Crippen LogP contribution in [-0.2, 0) is 0 Å². The van der Waals surface area contributed by atoms with Gasteiger partial charge in [0.15, 0.2) is 0 Å². The first-order valence-corrected chi connectivity index (χ1v) is 22.4. The molecule has 0 aromatic carbocycles. The van der Waals surface area contributed by atoms with Crippen molar-refractivity contribution in [3.63, 3.8) is 0 Å². The maximum Gasteiger partial charge on any atom is 0.115 e. The van der Waals surface area contributed by atoms with Crippen LogP contribution in [0.15, 0.2) is 74.0 Å². The van der Waals surface area contributed by atoms with Crippen LogP contribution in [0.4, 0.5) is 0 Å². The lowest BCUT2D eigenvalue weighted by Gasteiger charge is -2.14. The number of hydrogen-bond acceptors (Lipinski definition) is 8. The van der Waals surface area contributed by atoms with E-state index < -0.39 is 0 Å². The van der Waals surface area contributed by atoms with Crippen molar-refractivity contribution in [2.75, 3.05) is 0 Å². The molecule has 0 fully saturated rings. The van der Waals surface area contributed by atoms with Gasteiger partial charge in [0.25, 0.3) is 0 Å². The average molecular weight is 819 g/mol. The molecule has 0 aliphatic carbocycles. The van der Waals surface area contributed by atoms with Gasteiger partial charge >= 0.3 is 0 Å². The minimum absolute atomic E-state index is 0.469. The van der Waals surface area contributed by atoms with E-state index in [1.54, 1.807) is 24.9 Å². The third-order valence-electron chi connectivity index (χ3n) is 9.91. The van der Waals surface area contributed by atoms with Crippen molar-refractivity contribution in [3.05, 3.63) is 130 Å². The number of nitrogens with zero attached hydrogens (tertiary/aromatic N) is 8. The summed E-state index contributed by atoms with van der Waals surface area (Å²) < 4.78 is 0. The summed E-state index contributed by atoms with van der Waals surface area (Å²) in [6.07, 6.45) is 14.6. The fourth-order valence-electron chi connectivity index (χ4n) is 6.64. The number of hydrogen-bond donors (Lipinski definition) is 0. The van der Waals surface area contributed by atoms with Gasteiger partial charge in [0.2, 0.25) is 0 Å². The second-order valence-electron chi connectivity index (χ2n) is 18.6. The van der Waals surface area contributed by atoms with Crippen molar-refractivity contribution < 1.29 is 0 Å². The summed E-state index contributed by atoms with van der Waals surface area (Å²) in [5, 5.41) is 8.05. The highest BCUT2D eigenvalue weighted by Gasteiger charge is 2.14. The molecule has 0 saturated carbocycles. The molecule has 5 heterocycles. The summed E-state index contributed by atoms with van der Waals surface area (Å²) in [5.41, 5.74) is 12.6. The zero-order valence-electron chi connectivity index (χ0n) is 41.3. The Balaban J connectivity index is 0.000000375. The van der Waals surface area contributed by atoms with E-state index in [4.69, 9.17) is 0 Å². The molecule has 0 amide bonds. The fourth-order valence-corrected chi connectivity index (χ4v) is 6.64. The van der Waals surface area contributed by atoms with Crippen molar-refractivity contribution in [2.45, 2.75) is 198 Å². The van der Waals surface area contributed by atoms with E-state index in [1.807, 2.05) is 30.9 Å². The lowest BCUT2D eigenvalue weighted by atomic mass is 9.93. The first-order valence-electron chi connectivity index (χ1n) is 22.4. The van der Waals surface area contributed by atoms with Crippen molar-refractivity contribution in [1.82, 2.24) is 40.1 Å². The smallest absolute Gasteiger partial charge is 0.115 e. The lowest BCUT2D eigenvalue weighted by Crippen LogP contribution is -2.03. The number of rotatable bonds is 10. The highest BCUT2D eigenvalue weighted by atomic mass is 15.1. The summed E-state index contributed by atoms with van der Waals surface area (Å²) in [6.45, 7) is 43.6. The normalized spacial score (nSPS) is 11.2. The van der Waals surface area contributed by atoms with Gasteiger partial charge in [-0.1, -0.05) is 145 Å². The standard InChI is InChI=1S/2C11H17N.3C10H16N2/c1-8(2)10-5-6-12-7-11(10)9(3)4;1-8(2)10-6-5-7-12-11(10)9(3)4;1-7(2)9-5-11-6-12-10(9)8(3)4;1-7(2)9-10(8(3)4)12-6-5-11-9;1-7(2)9-5-6-11-12-10(9)8(3)4/h2*5-9H,1-4H3;3*5-8H,1-4H3. The molecule has 5 rings (SSSR count). The van der Waals surface area contributed by atoms with Gasteiger partial charge in [-0.05, 0) is 105 Å². The summed E-state index contributed by atoms with van der Waals surface area (Å²) in [7, 11) is 0. The molecular formula is C52H82N8. The second kappa shape index (κ2) is 27.4. The quantitative estimate of drug-likeness (QED) is 0.137. The van der Waals surface area contributed by atoms with Crippen LogP contribution < -0.4 is 0 Å². The number of pyridine rings is 2. The van der Waals surface area contributed by atoms with E-state index in [0.717, 1.165) is 17.1 Å². The molecule has 0 spiro atoms. The molecule has 330 valence electrons. The van der Waals surface area contributed by atoms with Gasteiger partial charge in [0.05, 0.1) is 17.1 Å². The molecule has 0 aliphatic heterocycles. The third kappa shape index (κ3) is 18.0.